The standard InChI is InChI=1S/C19H24N2O3S2/c1-13-9-14(2)18(15(3)10-13)20-26(23,24)17-11-16(12-25-17)19(22)21-7-5-4-6-8-21/h9-12,20H,4-8H2,1-3H3. The molecule has 0 unspecified atom stereocenters. The first-order chi connectivity index (χ1) is 12.3. The second kappa shape index (κ2) is 7.40. The Kier molecular flexibility index (Phi) is 5.39. The number of rotatable bonds is 4. The Balaban J connectivity index is 1.83. The maximum Gasteiger partial charge on any atom is 0.271 e. The van der Waals surface area contributed by atoms with Crippen LogP contribution in [0.5, 0.6) is 0 Å². The van der Waals surface area contributed by atoms with Crippen LogP contribution in [0.25, 0.3) is 0 Å². The van der Waals surface area contributed by atoms with Crippen molar-refractivity contribution in [2.24, 2.45) is 0 Å². The molecule has 7 heteroatoms. The predicted molar refractivity (Wildman–Crippen MR) is 106 cm³/mol. The molecule has 2 aromatic rings. The molecule has 0 bridgehead atoms. The van der Waals surface area contributed by atoms with Crippen molar-refractivity contribution in [3.05, 3.63) is 45.8 Å². The van der Waals surface area contributed by atoms with Gasteiger partial charge in [0.05, 0.1) is 11.3 Å². The Morgan fingerprint density at radius 1 is 1.04 bits per heavy atom. The molecule has 1 saturated heterocycles. The summed E-state index contributed by atoms with van der Waals surface area (Å²) in [5.74, 6) is -0.0786. The van der Waals surface area contributed by atoms with E-state index >= 15 is 0 Å². The Morgan fingerprint density at radius 3 is 2.27 bits per heavy atom. The summed E-state index contributed by atoms with van der Waals surface area (Å²) >= 11 is 1.08. The average Bonchev–Trinajstić information content (AvgIpc) is 3.09. The van der Waals surface area contributed by atoms with Gasteiger partial charge in [0, 0.05) is 18.5 Å². The molecule has 1 amide bonds. The first kappa shape index (κ1) is 18.9. The van der Waals surface area contributed by atoms with E-state index < -0.39 is 10.0 Å². The van der Waals surface area contributed by atoms with Crippen molar-refractivity contribution < 1.29 is 13.2 Å². The van der Waals surface area contributed by atoms with Gasteiger partial charge in [0.25, 0.3) is 15.9 Å². The van der Waals surface area contributed by atoms with Crippen LogP contribution in [0.3, 0.4) is 0 Å². The highest BCUT2D eigenvalue weighted by molar-refractivity contribution is 7.94. The predicted octanol–water partition coefficient (Wildman–Crippen LogP) is 4.10. The van der Waals surface area contributed by atoms with Gasteiger partial charge in [-0.15, -0.1) is 11.3 Å². The summed E-state index contributed by atoms with van der Waals surface area (Å²) in [5.41, 5.74) is 3.91. The molecule has 140 valence electrons. The first-order valence-corrected chi connectivity index (χ1v) is 11.1. The number of nitrogens with zero attached hydrogens (tertiary/aromatic N) is 1. The molecule has 0 radical (unpaired) electrons. The van der Waals surface area contributed by atoms with Crippen molar-refractivity contribution in [1.29, 1.82) is 0 Å². The SMILES string of the molecule is Cc1cc(C)c(NS(=O)(=O)c2cc(C(=O)N3CCCCC3)cs2)c(C)c1. The molecule has 2 heterocycles. The number of likely N-dealkylation sites (tertiary alicyclic amines) is 1. The maximum absolute atomic E-state index is 12.8. The van der Waals surface area contributed by atoms with Crippen LogP contribution < -0.4 is 4.72 Å². The van der Waals surface area contributed by atoms with E-state index in [1.165, 1.54) is 6.07 Å². The van der Waals surface area contributed by atoms with Crippen molar-refractivity contribution >= 4 is 33.0 Å². The van der Waals surface area contributed by atoms with Gasteiger partial charge in [0.1, 0.15) is 4.21 Å². The number of carbonyl (C=O) groups is 1. The zero-order valence-corrected chi connectivity index (χ0v) is 17.0. The quantitative estimate of drug-likeness (QED) is 0.852. The number of thiophene rings is 1. The van der Waals surface area contributed by atoms with Crippen LogP contribution in [-0.2, 0) is 10.0 Å². The number of anilines is 1. The lowest BCUT2D eigenvalue weighted by Gasteiger charge is -2.26. The van der Waals surface area contributed by atoms with E-state index in [4.69, 9.17) is 0 Å². The number of nitrogens with one attached hydrogen (secondary N) is 1. The van der Waals surface area contributed by atoms with Crippen molar-refractivity contribution in [1.82, 2.24) is 4.90 Å². The Hall–Kier alpha value is -1.86. The Bertz CT molecular complexity index is 903. The van der Waals surface area contributed by atoms with Crippen LogP contribution >= 0.6 is 11.3 Å². The minimum absolute atomic E-state index is 0.0786. The van der Waals surface area contributed by atoms with E-state index in [-0.39, 0.29) is 10.1 Å². The molecular weight excluding hydrogens is 368 g/mol. The van der Waals surface area contributed by atoms with E-state index in [2.05, 4.69) is 4.72 Å². The molecule has 0 aliphatic carbocycles. The van der Waals surface area contributed by atoms with E-state index in [0.717, 1.165) is 60.4 Å². The third kappa shape index (κ3) is 3.94. The van der Waals surface area contributed by atoms with Crippen molar-refractivity contribution in [3.8, 4) is 0 Å². The second-order valence-electron chi connectivity index (χ2n) is 6.89. The third-order valence-corrected chi connectivity index (χ3v) is 7.43. The average molecular weight is 393 g/mol. The molecule has 1 fully saturated rings. The lowest BCUT2D eigenvalue weighted by atomic mass is 10.1. The zero-order chi connectivity index (χ0) is 18.9. The van der Waals surface area contributed by atoms with Gasteiger partial charge in [-0.25, -0.2) is 8.42 Å². The highest BCUT2D eigenvalue weighted by Crippen LogP contribution is 2.28. The number of benzene rings is 1. The fourth-order valence-electron chi connectivity index (χ4n) is 3.37. The van der Waals surface area contributed by atoms with E-state index in [9.17, 15) is 13.2 Å². The van der Waals surface area contributed by atoms with Crippen LogP contribution in [0.15, 0.2) is 27.8 Å². The molecule has 5 nitrogen and oxygen atoms in total. The molecule has 1 aliphatic rings. The summed E-state index contributed by atoms with van der Waals surface area (Å²) in [6.45, 7) is 7.25. The number of piperidine rings is 1. The fraction of sp³-hybridized carbons (Fsp3) is 0.421. The lowest BCUT2D eigenvalue weighted by molar-refractivity contribution is 0.0725. The van der Waals surface area contributed by atoms with Gasteiger partial charge < -0.3 is 4.90 Å². The monoisotopic (exact) mass is 392 g/mol. The molecule has 1 aromatic carbocycles. The highest BCUT2D eigenvalue weighted by Gasteiger charge is 2.24. The van der Waals surface area contributed by atoms with Gasteiger partial charge in [-0.05, 0) is 57.2 Å². The van der Waals surface area contributed by atoms with Gasteiger partial charge >= 0.3 is 0 Å². The summed E-state index contributed by atoms with van der Waals surface area (Å²) in [4.78, 5) is 14.4. The summed E-state index contributed by atoms with van der Waals surface area (Å²) in [7, 11) is -3.72. The van der Waals surface area contributed by atoms with Crippen LogP contribution in [0.1, 0.15) is 46.3 Å². The van der Waals surface area contributed by atoms with E-state index in [0.29, 0.717) is 11.3 Å². The van der Waals surface area contributed by atoms with Gasteiger partial charge in [0.2, 0.25) is 0 Å². The van der Waals surface area contributed by atoms with Gasteiger partial charge in [0.15, 0.2) is 0 Å². The molecule has 1 aliphatic heterocycles. The van der Waals surface area contributed by atoms with Crippen molar-refractivity contribution in [2.45, 2.75) is 44.2 Å². The topological polar surface area (TPSA) is 66.5 Å². The number of hydrogen-bond acceptors (Lipinski definition) is 4. The minimum Gasteiger partial charge on any atom is -0.339 e. The molecule has 26 heavy (non-hydrogen) atoms. The number of amides is 1. The van der Waals surface area contributed by atoms with Crippen molar-refractivity contribution in [2.75, 3.05) is 17.8 Å². The Labute approximate surface area is 159 Å². The van der Waals surface area contributed by atoms with Crippen LogP contribution in [0, 0.1) is 20.8 Å². The maximum atomic E-state index is 12.8. The number of carbonyl (C=O) groups excluding carboxylic acids is 1. The molecule has 0 atom stereocenters. The first-order valence-electron chi connectivity index (χ1n) is 8.76. The highest BCUT2D eigenvalue weighted by atomic mass is 32.2. The molecule has 0 spiro atoms. The number of sulfonamides is 1. The van der Waals surface area contributed by atoms with E-state index in [1.807, 2.05) is 37.8 Å². The fourth-order valence-corrected chi connectivity index (χ4v) is 5.73. The third-order valence-electron chi connectivity index (χ3n) is 4.64. The second-order valence-corrected chi connectivity index (χ2v) is 9.71. The van der Waals surface area contributed by atoms with Crippen LogP contribution in [0.4, 0.5) is 5.69 Å². The molecule has 1 aromatic heterocycles. The summed E-state index contributed by atoms with van der Waals surface area (Å²) in [6, 6.07) is 5.39. The Morgan fingerprint density at radius 2 is 1.65 bits per heavy atom. The van der Waals surface area contributed by atoms with Crippen molar-refractivity contribution in [3.63, 3.8) is 0 Å². The van der Waals surface area contributed by atoms with Gasteiger partial charge in [-0.3, -0.25) is 9.52 Å². The molecule has 0 saturated carbocycles. The molecular formula is C19H24N2O3S2. The zero-order valence-electron chi connectivity index (χ0n) is 15.3. The van der Waals surface area contributed by atoms with Gasteiger partial charge in [-0.1, -0.05) is 17.7 Å². The number of aryl methyl sites for hydroxylation is 3. The number of hydrogen-bond donors (Lipinski definition) is 1. The minimum atomic E-state index is -3.72. The largest absolute Gasteiger partial charge is 0.339 e. The summed E-state index contributed by atoms with van der Waals surface area (Å²) in [6.07, 6.45) is 3.16. The van der Waals surface area contributed by atoms with Gasteiger partial charge in [-0.2, -0.15) is 0 Å². The normalized spacial score (nSPS) is 15.1. The molecule has 3 rings (SSSR count). The smallest absolute Gasteiger partial charge is 0.271 e. The summed E-state index contributed by atoms with van der Waals surface area (Å²) < 4.78 is 28.4. The van der Waals surface area contributed by atoms with Crippen LogP contribution in [0.2, 0.25) is 0 Å². The van der Waals surface area contributed by atoms with E-state index in [1.54, 1.807) is 5.38 Å². The molecule has 1 N–H and O–H groups in total. The van der Waals surface area contributed by atoms with Crippen LogP contribution in [-0.4, -0.2) is 32.3 Å². The summed E-state index contributed by atoms with van der Waals surface area (Å²) in [5, 5.41) is 1.64. The lowest BCUT2D eigenvalue weighted by Crippen LogP contribution is -2.35.